The molecule has 132 valence electrons. The maximum absolute atomic E-state index is 11.3. The van der Waals surface area contributed by atoms with Gasteiger partial charge in [-0.25, -0.2) is 4.79 Å². The zero-order valence-electron chi connectivity index (χ0n) is 14.7. The van der Waals surface area contributed by atoms with Gasteiger partial charge in [-0.3, -0.25) is 4.79 Å². The number of carbonyl (C=O) groups is 2. The van der Waals surface area contributed by atoms with E-state index in [0.717, 1.165) is 6.42 Å². The van der Waals surface area contributed by atoms with Gasteiger partial charge in [-0.2, -0.15) is 0 Å². The molecule has 1 aliphatic heterocycles. The average Bonchev–Trinajstić information content (AvgIpc) is 2.49. The van der Waals surface area contributed by atoms with Gasteiger partial charge >= 0.3 is 11.9 Å². The molecule has 0 aromatic rings. The van der Waals surface area contributed by atoms with Crippen molar-refractivity contribution in [1.82, 2.24) is 0 Å². The lowest BCUT2D eigenvalue weighted by atomic mass is 9.82. The van der Waals surface area contributed by atoms with Crippen LogP contribution in [0.15, 0.2) is 12.2 Å². The van der Waals surface area contributed by atoms with Crippen LogP contribution >= 0.6 is 0 Å². The summed E-state index contributed by atoms with van der Waals surface area (Å²) in [5, 5.41) is 0. The van der Waals surface area contributed by atoms with E-state index >= 15 is 0 Å². The van der Waals surface area contributed by atoms with E-state index in [9.17, 15) is 9.59 Å². The molecule has 6 heteroatoms. The Morgan fingerprint density at radius 1 is 1.13 bits per heavy atom. The molecule has 0 aliphatic carbocycles. The molecule has 0 aromatic carbocycles. The number of carbonyl (C=O) groups excluding carboxylic acids is 2. The molecule has 0 saturated carbocycles. The third kappa shape index (κ3) is 5.62. The van der Waals surface area contributed by atoms with Crippen molar-refractivity contribution in [3.63, 3.8) is 0 Å². The lowest BCUT2D eigenvalue weighted by Crippen LogP contribution is -2.52. The average molecular weight is 328 g/mol. The van der Waals surface area contributed by atoms with Crippen molar-refractivity contribution in [2.75, 3.05) is 13.2 Å². The molecule has 5 atom stereocenters. The summed E-state index contributed by atoms with van der Waals surface area (Å²) >= 11 is 0. The minimum atomic E-state index is -0.654. The summed E-state index contributed by atoms with van der Waals surface area (Å²) in [6, 6.07) is 0. The van der Waals surface area contributed by atoms with E-state index < -0.39 is 18.4 Å². The monoisotopic (exact) mass is 328 g/mol. The molecular formula is C17H28O6. The molecular weight excluding hydrogens is 300 g/mol. The quantitative estimate of drug-likeness (QED) is 0.406. The third-order valence-corrected chi connectivity index (χ3v) is 4.16. The molecule has 0 radical (unpaired) electrons. The van der Waals surface area contributed by atoms with Gasteiger partial charge in [0.1, 0.15) is 6.61 Å². The Hall–Kier alpha value is -1.40. The van der Waals surface area contributed by atoms with Crippen LogP contribution in [-0.2, 0) is 28.5 Å². The lowest BCUT2D eigenvalue weighted by Gasteiger charge is -2.43. The number of rotatable bonds is 7. The number of esters is 2. The van der Waals surface area contributed by atoms with Crippen LogP contribution in [0.2, 0.25) is 0 Å². The second-order valence-corrected chi connectivity index (χ2v) is 6.03. The van der Waals surface area contributed by atoms with Gasteiger partial charge < -0.3 is 18.9 Å². The van der Waals surface area contributed by atoms with Crippen molar-refractivity contribution in [2.24, 2.45) is 11.8 Å². The van der Waals surface area contributed by atoms with Gasteiger partial charge in [0.25, 0.3) is 0 Å². The Bertz CT molecular complexity index is 433. The fourth-order valence-electron chi connectivity index (χ4n) is 2.64. The minimum absolute atomic E-state index is 0.0415. The first kappa shape index (κ1) is 19.6. The zero-order chi connectivity index (χ0) is 17.6. The van der Waals surface area contributed by atoms with Gasteiger partial charge in [0, 0.05) is 18.4 Å². The van der Waals surface area contributed by atoms with Crippen molar-refractivity contribution in [3.05, 3.63) is 12.2 Å². The standard InChI is InChI=1S/C17H28O6/c1-7-14-11(4)12(5)15(22-13(6)18)17(23-14)21-9-8-20-16(19)10(2)3/h11-12,14-15,17H,2,7-9H2,1,3-6H3/t11-,12-,14?,15?,17-/m0/s1. The summed E-state index contributed by atoms with van der Waals surface area (Å²) < 4.78 is 22.0. The van der Waals surface area contributed by atoms with Crippen molar-refractivity contribution in [2.45, 2.75) is 59.5 Å². The first-order chi connectivity index (χ1) is 10.8. The Kier molecular flexibility index (Phi) is 7.72. The molecule has 1 fully saturated rings. The van der Waals surface area contributed by atoms with Crippen LogP contribution in [-0.4, -0.2) is 43.7 Å². The van der Waals surface area contributed by atoms with Crippen LogP contribution in [0.25, 0.3) is 0 Å². The molecule has 0 spiro atoms. The first-order valence-corrected chi connectivity index (χ1v) is 8.04. The predicted molar refractivity (Wildman–Crippen MR) is 84.6 cm³/mol. The van der Waals surface area contributed by atoms with Crippen molar-refractivity contribution in [3.8, 4) is 0 Å². The van der Waals surface area contributed by atoms with Gasteiger partial charge in [0.2, 0.25) is 0 Å². The van der Waals surface area contributed by atoms with Gasteiger partial charge in [0.15, 0.2) is 12.4 Å². The summed E-state index contributed by atoms with van der Waals surface area (Å²) in [5.41, 5.74) is 0.338. The summed E-state index contributed by atoms with van der Waals surface area (Å²) in [4.78, 5) is 22.7. The highest BCUT2D eigenvalue weighted by atomic mass is 16.7. The van der Waals surface area contributed by atoms with Crippen LogP contribution in [0.4, 0.5) is 0 Å². The van der Waals surface area contributed by atoms with Crippen molar-refractivity contribution in [1.29, 1.82) is 0 Å². The van der Waals surface area contributed by atoms with Crippen LogP contribution in [0.3, 0.4) is 0 Å². The highest BCUT2D eigenvalue weighted by Gasteiger charge is 2.43. The fraction of sp³-hybridized carbons (Fsp3) is 0.765. The second-order valence-electron chi connectivity index (χ2n) is 6.03. The van der Waals surface area contributed by atoms with Crippen LogP contribution in [0.1, 0.15) is 41.0 Å². The SMILES string of the molecule is C=C(C)C(=O)OCCO[C@H]1OC(CC)[C@@H](C)[C@H](C)C1OC(C)=O. The highest BCUT2D eigenvalue weighted by Crippen LogP contribution is 2.34. The Morgan fingerprint density at radius 3 is 2.30 bits per heavy atom. The number of hydrogen-bond donors (Lipinski definition) is 0. The van der Waals surface area contributed by atoms with Crippen molar-refractivity contribution < 1.29 is 28.5 Å². The zero-order valence-corrected chi connectivity index (χ0v) is 14.7. The molecule has 1 rings (SSSR count). The second kappa shape index (κ2) is 9.03. The maximum Gasteiger partial charge on any atom is 0.333 e. The largest absolute Gasteiger partial charge is 0.460 e. The Labute approximate surface area is 138 Å². The van der Waals surface area contributed by atoms with E-state index in [1.54, 1.807) is 6.92 Å². The molecule has 23 heavy (non-hydrogen) atoms. The summed E-state index contributed by atoms with van der Waals surface area (Å²) in [6.07, 6.45) is -0.233. The van der Waals surface area contributed by atoms with Crippen LogP contribution in [0, 0.1) is 11.8 Å². The molecule has 6 nitrogen and oxygen atoms in total. The smallest absolute Gasteiger partial charge is 0.333 e. The summed E-state index contributed by atoms with van der Waals surface area (Å²) in [7, 11) is 0. The van der Waals surface area contributed by atoms with E-state index in [-0.39, 0.29) is 37.1 Å². The topological polar surface area (TPSA) is 71.1 Å². The normalized spacial score (nSPS) is 30.6. The minimum Gasteiger partial charge on any atom is -0.460 e. The molecule has 2 unspecified atom stereocenters. The molecule has 0 aromatic heterocycles. The molecule has 1 heterocycles. The van der Waals surface area contributed by atoms with E-state index in [1.807, 2.05) is 13.8 Å². The van der Waals surface area contributed by atoms with Gasteiger partial charge in [-0.15, -0.1) is 0 Å². The lowest BCUT2D eigenvalue weighted by molar-refractivity contribution is -0.276. The van der Waals surface area contributed by atoms with Crippen LogP contribution < -0.4 is 0 Å². The summed E-state index contributed by atoms with van der Waals surface area (Å²) in [6.45, 7) is 12.9. The Balaban J connectivity index is 2.61. The molecule has 0 amide bonds. The van der Waals surface area contributed by atoms with Crippen LogP contribution in [0.5, 0.6) is 0 Å². The van der Waals surface area contributed by atoms with E-state index in [2.05, 4.69) is 13.5 Å². The van der Waals surface area contributed by atoms with Gasteiger partial charge in [0.05, 0.1) is 12.7 Å². The molecule has 1 aliphatic rings. The number of hydrogen-bond acceptors (Lipinski definition) is 6. The van der Waals surface area contributed by atoms with Gasteiger partial charge in [-0.05, 0) is 19.3 Å². The van der Waals surface area contributed by atoms with Crippen molar-refractivity contribution >= 4 is 11.9 Å². The van der Waals surface area contributed by atoms with E-state index in [4.69, 9.17) is 18.9 Å². The van der Waals surface area contributed by atoms with E-state index in [0.29, 0.717) is 5.57 Å². The molecule has 0 bridgehead atoms. The fourth-order valence-corrected chi connectivity index (χ4v) is 2.64. The van der Waals surface area contributed by atoms with E-state index in [1.165, 1.54) is 6.92 Å². The predicted octanol–water partition coefficient (Wildman–Crippen LogP) is 2.46. The Morgan fingerprint density at radius 2 is 1.78 bits per heavy atom. The highest BCUT2D eigenvalue weighted by molar-refractivity contribution is 5.86. The summed E-state index contributed by atoms with van der Waals surface area (Å²) in [5.74, 6) is -0.455. The third-order valence-electron chi connectivity index (χ3n) is 4.16. The maximum atomic E-state index is 11.3. The first-order valence-electron chi connectivity index (χ1n) is 8.04. The molecule has 1 saturated heterocycles. The molecule has 0 N–H and O–H groups in total. The number of ether oxygens (including phenoxy) is 4. The van der Waals surface area contributed by atoms with Gasteiger partial charge in [-0.1, -0.05) is 27.4 Å².